The number of nitrogens with zero attached hydrogens (tertiary/aromatic N) is 3. The van der Waals surface area contributed by atoms with Crippen LogP contribution in [0.5, 0.6) is 0 Å². The van der Waals surface area contributed by atoms with E-state index in [-0.39, 0.29) is 47.5 Å². The predicted molar refractivity (Wildman–Crippen MR) is 123 cm³/mol. The molecule has 1 aliphatic rings. The van der Waals surface area contributed by atoms with Gasteiger partial charge in [-0.25, -0.2) is 31.6 Å². The van der Waals surface area contributed by atoms with E-state index in [1.165, 1.54) is 12.1 Å². The number of carbonyl (C=O) groups excluding carboxylic acids is 1. The SMILES string of the molecule is O=C(CCc1cc(-c2ccc(C(F)(F)F)nc2)ncn1)[C@]1(C(F)F)CCCC1S(=O)(=O)c1ccc(F)cc1. The van der Waals surface area contributed by atoms with Crippen LogP contribution >= 0.6 is 0 Å². The summed E-state index contributed by atoms with van der Waals surface area (Å²) in [6.45, 7) is 0. The molecule has 0 N–H and O–H groups in total. The maximum Gasteiger partial charge on any atom is 0.433 e. The van der Waals surface area contributed by atoms with E-state index in [1.54, 1.807) is 0 Å². The lowest BCUT2D eigenvalue weighted by Gasteiger charge is -2.33. The Morgan fingerprint density at radius 2 is 1.76 bits per heavy atom. The molecule has 1 saturated carbocycles. The number of halogens is 6. The topological polar surface area (TPSA) is 89.9 Å². The molecule has 0 saturated heterocycles. The third-order valence-corrected chi connectivity index (χ3v) is 9.07. The summed E-state index contributed by atoms with van der Waals surface area (Å²) in [7, 11) is -4.37. The number of Topliss-reactive ketones (excluding diaryl/α,β-unsaturated/α-hetero) is 1. The van der Waals surface area contributed by atoms with Gasteiger partial charge in [-0.1, -0.05) is 6.42 Å². The first-order valence-electron chi connectivity index (χ1n) is 11.5. The summed E-state index contributed by atoms with van der Waals surface area (Å²) in [6, 6.07) is 7.15. The summed E-state index contributed by atoms with van der Waals surface area (Å²) < 4.78 is 107. The molecule has 2 heterocycles. The van der Waals surface area contributed by atoms with E-state index >= 15 is 0 Å². The zero-order chi connectivity index (χ0) is 27.7. The second kappa shape index (κ2) is 10.4. The Kier molecular flexibility index (Phi) is 7.60. The lowest BCUT2D eigenvalue weighted by atomic mass is 9.79. The number of rotatable bonds is 8. The van der Waals surface area contributed by atoms with Gasteiger partial charge in [0.25, 0.3) is 6.43 Å². The molecule has 1 unspecified atom stereocenters. The van der Waals surface area contributed by atoms with Crippen LogP contribution in [0.4, 0.5) is 26.3 Å². The van der Waals surface area contributed by atoms with Crippen molar-refractivity contribution >= 4 is 15.6 Å². The summed E-state index contributed by atoms with van der Waals surface area (Å²) in [6.07, 6.45) is -6.70. The number of hydrogen-bond acceptors (Lipinski definition) is 6. The fourth-order valence-corrected chi connectivity index (χ4v) is 7.02. The Bertz CT molecular complexity index is 1410. The van der Waals surface area contributed by atoms with Crippen molar-refractivity contribution in [1.82, 2.24) is 15.0 Å². The van der Waals surface area contributed by atoms with Gasteiger partial charge in [0.2, 0.25) is 0 Å². The first-order chi connectivity index (χ1) is 17.9. The van der Waals surface area contributed by atoms with E-state index in [9.17, 15) is 39.6 Å². The summed E-state index contributed by atoms with van der Waals surface area (Å²) in [5, 5.41) is -1.67. The minimum absolute atomic E-state index is 0.0970. The minimum atomic E-state index is -4.61. The number of sulfone groups is 1. The molecular weight excluding hydrogens is 536 g/mol. The van der Waals surface area contributed by atoms with E-state index in [4.69, 9.17) is 0 Å². The first-order valence-corrected chi connectivity index (χ1v) is 13.1. The summed E-state index contributed by atoms with van der Waals surface area (Å²) in [4.78, 5) is 24.3. The fourth-order valence-electron chi connectivity index (χ4n) is 4.79. The fraction of sp³-hybridized carbons (Fsp3) is 0.360. The molecule has 38 heavy (non-hydrogen) atoms. The van der Waals surface area contributed by atoms with Gasteiger partial charge in [0.15, 0.2) is 9.84 Å². The molecule has 0 amide bonds. The van der Waals surface area contributed by atoms with Crippen molar-refractivity contribution in [2.24, 2.45) is 5.41 Å². The Balaban J connectivity index is 1.55. The molecule has 4 rings (SSSR count). The van der Waals surface area contributed by atoms with E-state index in [0.717, 1.165) is 42.9 Å². The maximum atomic E-state index is 14.5. The van der Waals surface area contributed by atoms with Crippen LogP contribution in [0.15, 0.2) is 59.9 Å². The zero-order valence-corrected chi connectivity index (χ0v) is 20.4. The minimum Gasteiger partial charge on any atom is -0.299 e. The third-order valence-electron chi connectivity index (χ3n) is 6.74. The monoisotopic (exact) mass is 557 g/mol. The van der Waals surface area contributed by atoms with Crippen LogP contribution in [0.25, 0.3) is 11.3 Å². The van der Waals surface area contributed by atoms with Gasteiger partial charge in [0.1, 0.15) is 29.0 Å². The van der Waals surface area contributed by atoms with Gasteiger partial charge < -0.3 is 0 Å². The van der Waals surface area contributed by atoms with Gasteiger partial charge in [-0.2, -0.15) is 13.2 Å². The second-order valence-electron chi connectivity index (χ2n) is 8.97. The van der Waals surface area contributed by atoms with Gasteiger partial charge in [-0.05, 0) is 61.7 Å². The van der Waals surface area contributed by atoms with Crippen molar-refractivity contribution < 1.29 is 39.6 Å². The molecule has 2 aromatic heterocycles. The van der Waals surface area contributed by atoms with Crippen LogP contribution in [0, 0.1) is 11.2 Å². The molecule has 13 heteroatoms. The number of carbonyl (C=O) groups is 1. The molecule has 1 aromatic carbocycles. The Hall–Kier alpha value is -3.35. The van der Waals surface area contributed by atoms with Crippen molar-refractivity contribution in [3.05, 3.63) is 72.2 Å². The number of aromatic nitrogens is 3. The predicted octanol–water partition coefficient (Wildman–Crippen LogP) is 5.48. The number of pyridine rings is 1. The Labute approximate surface area is 214 Å². The lowest BCUT2D eigenvalue weighted by molar-refractivity contribution is -0.141. The largest absolute Gasteiger partial charge is 0.433 e. The number of hydrogen-bond donors (Lipinski definition) is 0. The molecule has 202 valence electrons. The third kappa shape index (κ3) is 5.29. The average molecular weight is 558 g/mol. The van der Waals surface area contributed by atoms with Crippen molar-refractivity contribution in [2.45, 2.75) is 54.9 Å². The highest BCUT2D eigenvalue weighted by molar-refractivity contribution is 7.92. The van der Waals surface area contributed by atoms with Crippen molar-refractivity contribution in [3.63, 3.8) is 0 Å². The van der Waals surface area contributed by atoms with E-state index in [1.807, 2.05) is 0 Å². The quantitative estimate of drug-likeness (QED) is 0.269. The molecule has 0 spiro atoms. The van der Waals surface area contributed by atoms with Crippen molar-refractivity contribution in [1.29, 1.82) is 0 Å². The molecule has 0 radical (unpaired) electrons. The molecule has 6 nitrogen and oxygen atoms in total. The molecular formula is C25H21F6N3O3S. The number of alkyl halides is 5. The van der Waals surface area contributed by atoms with E-state index in [0.29, 0.717) is 0 Å². The molecule has 0 bridgehead atoms. The molecule has 0 aliphatic heterocycles. The molecule has 1 fully saturated rings. The highest BCUT2D eigenvalue weighted by Gasteiger charge is 2.59. The van der Waals surface area contributed by atoms with Gasteiger partial charge in [-0.3, -0.25) is 9.78 Å². The molecule has 2 atom stereocenters. The van der Waals surface area contributed by atoms with Crippen LogP contribution < -0.4 is 0 Å². The van der Waals surface area contributed by atoms with Gasteiger partial charge in [0, 0.05) is 23.9 Å². The normalized spacial score (nSPS) is 20.1. The van der Waals surface area contributed by atoms with Crippen LogP contribution in [0.3, 0.4) is 0 Å². The highest BCUT2D eigenvalue weighted by atomic mass is 32.2. The van der Waals surface area contributed by atoms with Gasteiger partial charge in [-0.15, -0.1) is 0 Å². The van der Waals surface area contributed by atoms with Gasteiger partial charge >= 0.3 is 6.18 Å². The van der Waals surface area contributed by atoms with Crippen LogP contribution in [-0.4, -0.2) is 40.8 Å². The van der Waals surface area contributed by atoms with Crippen molar-refractivity contribution in [3.8, 4) is 11.3 Å². The smallest absolute Gasteiger partial charge is 0.299 e. The standard InChI is InChI=1S/C25H21F6N3O3S/c26-16-4-7-18(8-5-16)38(36,37)22-2-1-11-24(22,23(27)28)21(35)10-6-17-12-19(34-14-33-17)15-3-9-20(32-13-15)25(29,30)31/h3-5,7-9,12-14,22-23H,1-2,6,10-11H2/t22?,24-/m1/s1. The van der Waals surface area contributed by atoms with Gasteiger partial charge in [0.05, 0.1) is 15.8 Å². The summed E-state index contributed by atoms with van der Waals surface area (Å²) in [5.74, 6) is -1.63. The average Bonchev–Trinajstić information content (AvgIpc) is 3.35. The Morgan fingerprint density at radius 3 is 2.37 bits per heavy atom. The number of ketones is 1. The summed E-state index contributed by atoms with van der Waals surface area (Å²) >= 11 is 0. The summed E-state index contributed by atoms with van der Waals surface area (Å²) in [5.41, 5.74) is -2.80. The number of aryl methyl sites for hydroxylation is 1. The Morgan fingerprint density at radius 1 is 1.05 bits per heavy atom. The number of benzene rings is 1. The zero-order valence-electron chi connectivity index (χ0n) is 19.6. The van der Waals surface area contributed by atoms with Crippen molar-refractivity contribution in [2.75, 3.05) is 0 Å². The molecule has 1 aliphatic carbocycles. The van der Waals surface area contributed by atoms with Crippen LogP contribution in [0.2, 0.25) is 0 Å². The second-order valence-corrected chi connectivity index (χ2v) is 11.1. The first kappa shape index (κ1) is 27.7. The van der Waals surface area contributed by atoms with E-state index < -0.39 is 56.8 Å². The highest BCUT2D eigenvalue weighted by Crippen LogP contribution is 2.49. The van der Waals surface area contributed by atoms with E-state index in [2.05, 4.69) is 15.0 Å². The van der Waals surface area contributed by atoms with Crippen LogP contribution in [0.1, 0.15) is 37.1 Å². The van der Waals surface area contributed by atoms with Crippen LogP contribution in [-0.2, 0) is 27.2 Å². The maximum absolute atomic E-state index is 14.5. The lowest BCUT2D eigenvalue weighted by Crippen LogP contribution is -2.48. The molecule has 3 aromatic rings.